The monoisotopic (exact) mass is 257 g/mol. The molecule has 0 amide bonds. The number of nitrogens with one attached hydrogen (secondary N) is 1. The fraction of sp³-hybridized carbons (Fsp3) is 0.583. The Hall–Kier alpha value is -0.680. The molecular weight excluding hydrogens is 238 g/mol. The molecule has 1 heterocycles. The van der Waals surface area contributed by atoms with Gasteiger partial charge in [-0.25, -0.2) is 0 Å². The van der Waals surface area contributed by atoms with Gasteiger partial charge in [0.05, 0.1) is 17.2 Å². The van der Waals surface area contributed by atoms with Gasteiger partial charge in [0.15, 0.2) is 0 Å². The van der Waals surface area contributed by atoms with Gasteiger partial charge in [0.2, 0.25) is 0 Å². The SMILES string of the molecule is CC(C)(C)OCC(Cc1ccncc1Cl)NN. The van der Waals surface area contributed by atoms with E-state index in [0.717, 1.165) is 5.56 Å². The number of hydrazine groups is 1. The number of pyridine rings is 1. The van der Waals surface area contributed by atoms with E-state index in [1.54, 1.807) is 12.4 Å². The third-order valence-corrected chi connectivity index (χ3v) is 2.62. The summed E-state index contributed by atoms with van der Waals surface area (Å²) in [6, 6.07) is 1.93. The molecule has 1 unspecified atom stereocenters. The van der Waals surface area contributed by atoms with Crippen LogP contribution in [0.3, 0.4) is 0 Å². The van der Waals surface area contributed by atoms with Crippen molar-refractivity contribution in [2.45, 2.75) is 38.8 Å². The molecule has 0 aliphatic rings. The summed E-state index contributed by atoms with van der Waals surface area (Å²) in [6.45, 7) is 6.58. The first-order valence-corrected chi connectivity index (χ1v) is 5.98. The molecule has 0 saturated carbocycles. The quantitative estimate of drug-likeness (QED) is 0.625. The van der Waals surface area contributed by atoms with Crippen LogP contribution in [-0.4, -0.2) is 23.2 Å². The van der Waals surface area contributed by atoms with Crippen molar-refractivity contribution in [2.75, 3.05) is 6.61 Å². The lowest BCUT2D eigenvalue weighted by Crippen LogP contribution is -2.42. The number of hydrogen-bond donors (Lipinski definition) is 2. The van der Waals surface area contributed by atoms with E-state index < -0.39 is 0 Å². The minimum atomic E-state index is -0.170. The first-order chi connectivity index (χ1) is 7.92. The van der Waals surface area contributed by atoms with E-state index in [9.17, 15) is 0 Å². The summed E-state index contributed by atoms with van der Waals surface area (Å²) in [6.07, 6.45) is 4.07. The molecule has 1 aromatic heterocycles. The van der Waals surface area contributed by atoms with Crippen molar-refractivity contribution in [1.29, 1.82) is 0 Å². The summed E-state index contributed by atoms with van der Waals surface area (Å²) < 4.78 is 5.69. The average molecular weight is 258 g/mol. The van der Waals surface area contributed by atoms with Crippen molar-refractivity contribution >= 4 is 11.6 Å². The predicted octanol–water partition coefficient (Wildman–Crippen LogP) is 1.92. The van der Waals surface area contributed by atoms with Gasteiger partial charge >= 0.3 is 0 Å². The highest BCUT2D eigenvalue weighted by molar-refractivity contribution is 6.31. The Balaban J connectivity index is 2.56. The lowest BCUT2D eigenvalue weighted by Gasteiger charge is -2.24. The summed E-state index contributed by atoms with van der Waals surface area (Å²) in [4.78, 5) is 3.95. The largest absolute Gasteiger partial charge is 0.374 e. The highest BCUT2D eigenvalue weighted by Gasteiger charge is 2.15. The summed E-state index contributed by atoms with van der Waals surface area (Å²) in [5, 5.41) is 0.656. The number of halogens is 1. The first kappa shape index (κ1) is 14.4. The number of nitrogens with two attached hydrogens (primary N) is 1. The zero-order valence-electron chi connectivity index (χ0n) is 10.5. The van der Waals surface area contributed by atoms with Crippen LogP contribution in [0.2, 0.25) is 5.02 Å². The summed E-state index contributed by atoms with van der Waals surface area (Å²) in [5.41, 5.74) is 3.59. The fourth-order valence-corrected chi connectivity index (χ4v) is 1.55. The van der Waals surface area contributed by atoms with Gasteiger partial charge in [-0.2, -0.15) is 0 Å². The number of hydrogen-bond acceptors (Lipinski definition) is 4. The molecule has 0 aliphatic heterocycles. The molecule has 96 valence electrons. The third-order valence-electron chi connectivity index (χ3n) is 2.28. The van der Waals surface area contributed by atoms with Gasteiger partial charge < -0.3 is 4.74 Å². The van der Waals surface area contributed by atoms with Crippen molar-refractivity contribution < 1.29 is 4.74 Å². The number of nitrogens with zero attached hydrogens (tertiary/aromatic N) is 1. The van der Waals surface area contributed by atoms with Crippen LogP contribution in [0.4, 0.5) is 0 Å². The van der Waals surface area contributed by atoms with Gasteiger partial charge in [-0.05, 0) is 38.8 Å². The second-order valence-electron chi connectivity index (χ2n) is 4.96. The highest BCUT2D eigenvalue weighted by atomic mass is 35.5. The summed E-state index contributed by atoms with van der Waals surface area (Å²) in [7, 11) is 0. The average Bonchev–Trinajstić information content (AvgIpc) is 2.25. The molecule has 0 aromatic carbocycles. The van der Waals surface area contributed by atoms with Crippen molar-refractivity contribution in [3.63, 3.8) is 0 Å². The Morgan fingerprint density at radius 2 is 2.24 bits per heavy atom. The standard InChI is InChI=1S/C12H20ClN3O/c1-12(2,3)17-8-10(16-14)6-9-4-5-15-7-11(9)13/h4-5,7,10,16H,6,8,14H2,1-3H3. The predicted molar refractivity (Wildman–Crippen MR) is 69.8 cm³/mol. The van der Waals surface area contributed by atoms with Crippen LogP contribution in [0.1, 0.15) is 26.3 Å². The Kier molecular flexibility index (Phi) is 5.33. The van der Waals surface area contributed by atoms with E-state index in [4.69, 9.17) is 22.2 Å². The maximum Gasteiger partial charge on any atom is 0.0643 e. The Labute approximate surface area is 107 Å². The molecule has 4 nitrogen and oxygen atoms in total. The van der Waals surface area contributed by atoms with Crippen LogP contribution >= 0.6 is 11.6 Å². The molecule has 1 rings (SSSR count). The smallest absolute Gasteiger partial charge is 0.0643 e. The minimum absolute atomic E-state index is 0.0362. The lowest BCUT2D eigenvalue weighted by molar-refractivity contribution is -0.0143. The summed E-state index contributed by atoms with van der Waals surface area (Å²) >= 11 is 6.04. The zero-order chi connectivity index (χ0) is 12.9. The molecular formula is C12H20ClN3O. The molecule has 0 saturated heterocycles. The van der Waals surface area contributed by atoms with Crippen LogP contribution in [0, 0.1) is 0 Å². The van der Waals surface area contributed by atoms with Gasteiger partial charge in [-0.15, -0.1) is 0 Å². The van der Waals surface area contributed by atoms with Gasteiger partial charge in [0, 0.05) is 18.4 Å². The molecule has 3 N–H and O–H groups in total. The Morgan fingerprint density at radius 1 is 1.53 bits per heavy atom. The van der Waals surface area contributed by atoms with Gasteiger partial charge in [-0.3, -0.25) is 16.3 Å². The topological polar surface area (TPSA) is 60.2 Å². The Morgan fingerprint density at radius 3 is 2.76 bits per heavy atom. The van der Waals surface area contributed by atoms with Crippen LogP contribution in [-0.2, 0) is 11.2 Å². The number of aromatic nitrogens is 1. The molecule has 17 heavy (non-hydrogen) atoms. The third kappa shape index (κ3) is 5.46. The van der Waals surface area contributed by atoms with E-state index >= 15 is 0 Å². The van der Waals surface area contributed by atoms with Crippen LogP contribution < -0.4 is 11.3 Å². The first-order valence-electron chi connectivity index (χ1n) is 5.61. The molecule has 0 fully saturated rings. The molecule has 0 bridgehead atoms. The highest BCUT2D eigenvalue weighted by Crippen LogP contribution is 2.16. The maximum atomic E-state index is 6.04. The van der Waals surface area contributed by atoms with Gasteiger partial charge in [-0.1, -0.05) is 11.6 Å². The van der Waals surface area contributed by atoms with Crippen LogP contribution in [0.15, 0.2) is 18.5 Å². The van der Waals surface area contributed by atoms with E-state index in [2.05, 4.69) is 10.4 Å². The maximum absolute atomic E-state index is 6.04. The molecule has 0 aliphatic carbocycles. The van der Waals surface area contributed by atoms with Gasteiger partial charge in [0.1, 0.15) is 0 Å². The zero-order valence-corrected chi connectivity index (χ0v) is 11.3. The molecule has 1 aromatic rings. The number of rotatable bonds is 5. The van der Waals surface area contributed by atoms with Crippen molar-refractivity contribution in [2.24, 2.45) is 5.84 Å². The summed E-state index contributed by atoms with van der Waals surface area (Å²) in [5.74, 6) is 5.51. The van der Waals surface area contributed by atoms with E-state index in [1.165, 1.54) is 0 Å². The van der Waals surface area contributed by atoms with E-state index in [-0.39, 0.29) is 11.6 Å². The van der Waals surface area contributed by atoms with Crippen molar-refractivity contribution in [3.8, 4) is 0 Å². The second kappa shape index (κ2) is 6.31. The molecule has 1 atom stereocenters. The van der Waals surface area contributed by atoms with E-state index in [0.29, 0.717) is 18.1 Å². The molecule has 0 spiro atoms. The van der Waals surface area contributed by atoms with Gasteiger partial charge in [0.25, 0.3) is 0 Å². The lowest BCUT2D eigenvalue weighted by atomic mass is 10.1. The second-order valence-corrected chi connectivity index (χ2v) is 5.37. The minimum Gasteiger partial charge on any atom is -0.374 e. The van der Waals surface area contributed by atoms with Crippen LogP contribution in [0.25, 0.3) is 0 Å². The number of ether oxygens (including phenoxy) is 1. The molecule has 0 radical (unpaired) electrons. The van der Waals surface area contributed by atoms with Crippen molar-refractivity contribution in [1.82, 2.24) is 10.4 Å². The Bertz CT molecular complexity index is 352. The normalized spacial score (nSPS) is 13.7. The fourth-order valence-electron chi connectivity index (χ4n) is 1.35. The van der Waals surface area contributed by atoms with E-state index in [1.807, 2.05) is 26.8 Å². The van der Waals surface area contributed by atoms with Crippen LogP contribution in [0.5, 0.6) is 0 Å². The van der Waals surface area contributed by atoms with Crippen molar-refractivity contribution in [3.05, 3.63) is 29.0 Å². The molecule has 5 heteroatoms.